The van der Waals surface area contributed by atoms with Crippen molar-refractivity contribution in [3.05, 3.63) is 77.9 Å². The Morgan fingerprint density at radius 3 is 2.44 bits per heavy atom. The molecule has 34 heavy (non-hydrogen) atoms. The van der Waals surface area contributed by atoms with Gasteiger partial charge in [-0.05, 0) is 55.3 Å². The van der Waals surface area contributed by atoms with Gasteiger partial charge in [0.2, 0.25) is 0 Å². The number of rotatable bonds is 4. The van der Waals surface area contributed by atoms with Crippen LogP contribution in [-0.2, 0) is 0 Å². The fourth-order valence-corrected chi connectivity index (χ4v) is 4.30. The number of carbonyl (C=O) groups is 1. The lowest BCUT2D eigenvalue weighted by Gasteiger charge is -2.36. The molecule has 0 bridgehead atoms. The Hall–Kier alpha value is -3.94. The number of anilines is 1. The van der Waals surface area contributed by atoms with Gasteiger partial charge in [0, 0.05) is 31.9 Å². The Kier molecular flexibility index (Phi) is 5.88. The largest absolute Gasteiger partial charge is 0.352 e. The van der Waals surface area contributed by atoms with Gasteiger partial charge in [-0.1, -0.05) is 29.8 Å². The minimum Gasteiger partial charge on any atom is -0.352 e. The van der Waals surface area contributed by atoms with Gasteiger partial charge in [0.1, 0.15) is 23.6 Å². The Labute approximate surface area is 197 Å². The lowest BCUT2D eigenvalue weighted by molar-refractivity contribution is 0.191. The second-order valence-corrected chi connectivity index (χ2v) is 8.71. The van der Waals surface area contributed by atoms with Crippen LogP contribution in [0.4, 0.5) is 15.0 Å². The molecule has 1 atom stereocenters. The van der Waals surface area contributed by atoms with E-state index in [9.17, 15) is 9.18 Å². The highest BCUT2D eigenvalue weighted by Crippen LogP contribution is 2.29. The first-order valence-corrected chi connectivity index (χ1v) is 11.4. The van der Waals surface area contributed by atoms with Crippen LogP contribution in [0.3, 0.4) is 0 Å². The van der Waals surface area contributed by atoms with Gasteiger partial charge in [-0.3, -0.25) is 0 Å². The number of urea groups is 1. The Bertz CT molecular complexity index is 1290. The number of aromatic nitrogens is 3. The summed E-state index contributed by atoms with van der Waals surface area (Å²) < 4.78 is 13.3. The number of H-pyrrole nitrogens is 1. The number of hydrogen-bond acceptors (Lipinski definition) is 4. The van der Waals surface area contributed by atoms with Crippen LogP contribution in [0.1, 0.15) is 24.1 Å². The molecule has 4 aromatic rings. The van der Waals surface area contributed by atoms with Crippen LogP contribution in [0.25, 0.3) is 22.3 Å². The summed E-state index contributed by atoms with van der Waals surface area (Å²) in [5.74, 6) is 0.568. The van der Waals surface area contributed by atoms with E-state index in [1.165, 1.54) is 17.7 Å². The van der Waals surface area contributed by atoms with Crippen molar-refractivity contribution in [2.75, 3.05) is 31.1 Å². The van der Waals surface area contributed by atoms with Crippen molar-refractivity contribution in [2.24, 2.45) is 0 Å². The fraction of sp³-hybridized carbons (Fsp3) is 0.269. The highest BCUT2D eigenvalue weighted by molar-refractivity contribution is 5.92. The number of nitrogens with one attached hydrogen (secondary N) is 2. The summed E-state index contributed by atoms with van der Waals surface area (Å²) in [6.45, 7) is 6.61. The zero-order valence-corrected chi connectivity index (χ0v) is 19.3. The predicted molar refractivity (Wildman–Crippen MR) is 131 cm³/mol. The van der Waals surface area contributed by atoms with E-state index >= 15 is 0 Å². The van der Waals surface area contributed by atoms with E-state index in [1.807, 2.05) is 17.9 Å². The molecule has 0 saturated carbocycles. The minimum atomic E-state index is -0.268. The highest BCUT2D eigenvalue weighted by atomic mass is 19.1. The lowest BCUT2D eigenvalue weighted by Crippen LogP contribution is -2.52. The molecule has 0 aliphatic carbocycles. The van der Waals surface area contributed by atoms with Gasteiger partial charge in [-0.25, -0.2) is 19.2 Å². The maximum absolute atomic E-state index is 13.3. The molecule has 3 heterocycles. The van der Waals surface area contributed by atoms with E-state index in [4.69, 9.17) is 0 Å². The second-order valence-electron chi connectivity index (χ2n) is 8.71. The first kappa shape index (κ1) is 21.9. The smallest absolute Gasteiger partial charge is 0.317 e. The van der Waals surface area contributed by atoms with Gasteiger partial charge in [-0.2, -0.15) is 0 Å². The molecule has 1 aliphatic heterocycles. The van der Waals surface area contributed by atoms with Crippen molar-refractivity contribution in [1.29, 1.82) is 0 Å². The van der Waals surface area contributed by atoms with E-state index in [-0.39, 0.29) is 17.9 Å². The molecule has 0 spiro atoms. The summed E-state index contributed by atoms with van der Waals surface area (Å²) in [6, 6.07) is 16.5. The Morgan fingerprint density at radius 2 is 1.74 bits per heavy atom. The van der Waals surface area contributed by atoms with Gasteiger partial charge in [0.05, 0.1) is 11.4 Å². The van der Waals surface area contributed by atoms with Crippen LogP contribution in [-0.4, -0.2) is 52.1 Å². The molecule has 1 aliphatic rings. The third-order valence-electron chi connectivity index (χ3n) is 6.34. The third-order valence-corrected chi connectivity index (χ3v) is 6.34. The number of fused-ring (bicyclic) bond motifs is 1. The van der Waals surface area contributed by atoms with Gasteiger partial charge in [0.25, 0.3) is 0 Å². The quantitative estimate of drug-likeness (QED) is 0.466. The van der Waals surface area contributed by atoms with Gasteiger partial charge in [-0.15, -0.1) is 0 Å². The number of hydrogen-bond donors (Lipinski definition) is 2. The van der Waals surface area contributed by atoms with Crippen LogP contribution < -0.4 is 10.2 Å². The number of aryl methyl sites for hydroxylation is 1. The molecule has 2 aromatic heterocycles. The van der Waals surface area contributed by atoms with Crippen LogP contribution in [0.15, 0.2) is 60.9 Å². The van der Waals surface area contributed by atoms with Crippen molar-refractivity contribution in [2.45, 2.75) is 19.9 Å². The number of amides is 2. The molecule has 8 heteroatoms. The summed E-state index contributed by atoms with van der Waals surface area (Å²) >= 11 is 0. The normalized spacial score (nSPS) is 14.9. The van der Waals surface area contributed by atoms with E-state index in [0.29, 0.717) is 26.2 Å². The first-order chi connectivity index (χ1) is 16.5. The Morgan fingerprint density at radius 1 is 1.03 bits per heavy atom. The Balaban J connectivity index is 1.26. The van der Waals surface area contributed by atoms with Crippen molar-refractivity contribution in [1.82, 2.24) is 25.2 Å². The molecule has 1 saturated heterocycles. The standard InChI is InChI=1S/C26H27FN6O/c1-17-3-5-19(6-4-17)18(2)30-26(34)33-13-11-32(12-14-33)25-22-15-23(31-24(22)28-16-29-25)20-7-9-21(27)10-8-20/h3-10,15-16,18H,11-14H2,1-2H3,(H,30,34)(H,28,29,31)/t18-/m1/s1. The average molecular weight is 459 g/mol. The van der Waals surface area contributed by atoms with Crippen LogP contribution >= 0.6 is 0 Å². The maximum atomic E-state index is 13.3. The number of nitrogens with zero attached hydrogens (tertiary/aromatic N) is 4. The fourth-order valence-electron chi connectivity index (χ4n) is 4.30. The summed E-state index contributed by atoms with van der Waals surface area (Å²) in [6.07, 6.45) is 1.55. The van der Waals surface area contributed by atoms with E-state index < -0.39 is 0 Å². The van der Waals surface area contributed by atoms with E-state index in [2.05, 4.69) is 56.4 Å². The van der Waals surface area contributed by atoms with Gasteiger partial charge >= 0.3 is 6.03 Å². The summed E-state index contributed by atoms with van der Waals surface area (Å²) in [5, 5.41) is 4.02. The zero-order valence-electron chi connectivity index (χ0n) is 19.3. The highest BCUT2D eigenvalue weighted by Gasteiger charge is 2.24. The number of benzene rings is 2. The third kappa shape index (κ3) is 4.44. The van der Waals surface area contributed by atoms with Crippen molar-refractivity contribution in [3.63, 3.8) is 0 Å². The number of carbonyl (C=O) groups excluding carboxylic acids is 1. The van der Waals surface area contributed by atoms with Gasteiger partial charge in [0.15, 0.2) is 0 Å². The topological polar surface area (TPSA) is 77.2 Å². The summed E-state index contributed by atoms with van der Waals surface area (Å²) in [5.41, 5.74) is 4.76. The molecule has 1 fully saturated rings. The van der Waals surface area contributed by atoms with Crippen molar-refractivity contribution < 1.29 is 9.18 Å². The molecule has 2 N–H and O–H groups in total. The van der Waals surface area contributed by atoms with Gasteiger partial charge < -0.3 is 20.1 Å². The van der Waals surface area contributed by atoms with E-state index in [0.717, 1.165) is 33.7 Å². The van der Waals surface area contributed by atoms with Crippen LogP contribution in [0, 0.1) is 12.7 Å². The number of piperazine rings is 1. The van der Waals surface area contributed by atoms with Crippen LogP contribution in [0.2, 0.25) is 0 Å². The minimum absolute atomic E-state index is 0.0548. The summed E-state index contributed by atoms with van der Waals surface area (Å²) in [7, 11) is 0. The average Bonchev–Trinajstić information content (AvgIpc) is 3.29. The van der Waals surface area contributed by atoms with Crippen molar-refractivity contribution in [3.8, 4) is 11.3 Å². The maximum Gasteiger partial charge on any atom is 0.317 e. The van der Waals surface area contributed by atoms with E-state index in [1.54, 1.807) is 18.5 Å². The SMILES string of the molecule is Cc1ccc([C@@H](C)NC(=O)N2CCN(c3ncnc4[nH]c(-c5ccc(F)cc5)cc34)CC2)cc1. The van der Waals surface area contributed by atoms with Crippen molar-refractivity contribution >= 4 is 22.9 Å². The molecule has 5 rings (SSSR count). The molecule has 0 radical (unpaired) electrons. The molecular weight excluding hydrogens is 431 g/mol. The molecule has 7 nitrogen and oxygen atoms in total. The monoisotopic (exact) mass is 458 g/mol. The van der Waals surface area contributed by atoms with Crippen LogP contribution in [0.5, 0.6) is 0 Å². The predicted octanol–water partition coefficient (Wildman–Crippen LogP) is 4.67. The lowest BCUT2D eigenvalue weighted by atomic mass is 10.1. The molecule has 2 amide bonds. The molecule has 0 unspecified atom stereocenters. The molecular formula is C26H27FN6O. The summed E-state index contributed by atoms with van der Waals surface area (Å²) in [4.78, 5) is 29.1. The number of halogens is 1. The molecule has 2 aromatic carbocycles. The number of aromatic amines is 1. The first-order valence-electron chi connectivity index (χ1n) is 11.4. The molecule has 174 valence electrons. The second kappa shape index (κ2) is 9.13. The zero-order chi connectivity index (χ0) is 23.7.